The van der Waals surface area contributed by atoms with E-state index in [-0.39, 0.29) is 18.1 Å². The van der Waals surface area contributed by atoms with Crippen LogP contribution in [0.5, 0.6) is 0 Å². The number of nitrogens with zero attached hydrogens (tertiary/aromatic N) is 1. The summed E-state index contributed by atoms with van der Waals surface area (Å²) in [6.07, 6.45) is 4.43. The molecule has 0 fully saturated rings. The van der Waals surface area contributed by atoms with Crippen molar-refractivity contribution in [1.82, 2.24) is 4.98 Å². The van der Waals surface area contributed by atoms with E-state index in [2.05, 4.69) is 15.6 Å². The molecule has 5 nitrogen and oxygen atoms in total. The number of amides is 1. The quantitative estimate of drug-likeness (QED) is 0.891. The fourth-order valence-corrected chi connectivity index (χ4v) is 3.20. The lowest BCUT2D eigenvalue weighted by molar-refractivity contribution is -0.117. The van der Waals surface area contributed by atoms with E-state index >= 15 is 0 Å². The average molecular weight is 293 g/mol. The van der Waals surface area contributed by atoms with E-state index in [0.29, 0.717) is 11.3 Å². The number of aromatic nitrogens is 1. The Balaban J connectivity index is 1.65. The molecule has 2 N–H and O–H groups in total. The lowest BCUT2D eigenvalue weighted by Gasteiger charge is -2.12. The average Bonchev–Trinajstić information content (AvgIpc) is 3.11. The minimum Gasteiger partial charge on any atom is -0.384 e. The summed E-state index contributed by atoms with van der Waals surface area (Å²) in [5, 5.41) is 6.12. The van der Waals surface area contributed by atoms with Gasteiger partial charge in [-0.3, -0.25) is 14.6 Å². The lowest BCUT2D eigenvalue weighted by atomic mass is 9.97. The first kappa shape index (κ1) is 13.0. The van der Waals surface area contributed by atoms with E-state index < -0.39 is 5.92 Å². The van der Waals surface area contributed by atoms with E-state index in [1.165, 1.54) is 5.56 Å². The van der Waals surface area contributed by atoms with E-state index in [1.807, 2.05) is 12.1 Å². The van der Waals surface area contributed by atoms with Crippen molar-refractivity contribution in [2.75, 3.05) is 17.2 Å². The molecule has 1 aliphatic carbocycles. The van der Waals surface area contributed by atoms with Gasteiger partial charge in [0.25, 0.3) is 0 Å². The molecule has 4 rings (SSSR count). The third-order valence-corrected chi connectivity index (χ3v) is 4.30. The van der Waals surface area contributed by atoms with Gasteiger partial charge < -0.3 is 10.6 Å². The molecule has 1 unspecified atom stereocenters. The molecule has 1 aromatic carbocycles. The van der Waals surface area contributed by atoms with Crippen LogP contribution in [0.2, 0.25) is 0 Å². The number of carbonyl (C=O) groups is 2. The molecule has 0 bridgehead atoms. The van der Waals surface area contributed by atoms with Crippen LogP contribution in [0.1, 0.15) is 33.8 Å². The van der Waals surface area contributed by atoms with Crippen molar-refractivity contribution in [3.8, 4) is 0 Å². The Morgan fingerprint density at radius 3 is 3.09 bits per heavy atom. The van der Waals surface area contributed by atoms with E-state index in [0.717, 1.165) is 24.2 Å². The van der Waals surface area contributed by atoms with E-state index in [1.54, 1.807) is 24.5 Å². The molecule has 2 aliphatic rings. The number of benzene rings is 1. The van der Waals surface area contributed by atoms with Crippen molar-refractivity contribution >= 4 is 23.1 Å². The predicted octanol–water partition coefficient (Wildman–Crippen LogP) is 2.36. The summed E-state index contributed by atoms with van der Waals surface area (Å²) >= 11 is 0. The lowest BCUT2D eigenvalue weighted by Crippen LogP contribution is -2.19. The minimum absolute atomic E-state index is 0.0397. The second-order valence-corrected chi connectivity index (χ2v) is 5.68. The van der Waals surface area contributed by atoms with Crippen LogP contribution in [-0.4, -0.2) is 23.2 Å². The molecule has 1 aliphatic heterocycles. The van der Waals surface area contributed by atoms with Crippen LogP contribution < -0.4 is 10.6 Å². The Kier molecular flexibility index (Phi) is 2.92. The van der Waals surface area contributed by atoms with Gasteiger partial charge in [0.1, 0.15) is 0 Å². The van der Waals surface area contributed by atoms with Crippen LogP contribution in [-0.2, 0) is 11.2 Å². The highest BCUT2D eigenvalue weighted by Gasteiger charge is 2.35. The first-order chi connectivity index (χ1) is 10.7. The molecular formula is C17H15N3O2. The summed E-state index contributed by atoms with van der Waals surface area (Å²) in [5.41, 5.74) is 4.40. The summed E-state index contributed by atoms with van der Waals surface area (Å²) in [7, 11) is 0. The van der Waals surface area contributed by atoms with Gasteiger partial charge in [-0.1, -0.05) is 6.07 Å². The van der Waals surface area contributed by atoms with Crippen LogP contribution in [0.15, 0.2) is 36.7 Å². The zero-order chi connectivity index (χ0) is 15.1. The second kappa shape index (κ2) is 4.94. The van der Waals surface area contributed by atoms with E-state index in [4.69, 9.17) is 0 Å². The Hall–Kier alpha value is -2.69. The van der Waals surface area contributed by atoms with Crippen molar-refractivity contribution in [3.05, 3.63) is 53.3 Å². The van der Waals surface area contributed by atoms with Crippen molar-refractivity contribution in [1.29, 1.82) is 0 Å². The van der Waals surface area contributed by atoms with Crippen LogP contribution >= 0.6 is 0 Å². The number of anilines is 2. The van der Waals surface area contributed by atoms with Gasteiger partial charge in [0, 0.05) is 30.4 Å². The molecule has 0 radical (unpaired) electrons. The maximum Gasteiger partial charge on any atom is 0.232 e. The molecule has 0 spiro atoms. The molecule has 1 amide bonds. The Bertz CT molecular complexity index is 771. The molecule has 1 atom stereocenters. The molecule has 2 heterocycles. The highest BCUT2D eigenvalue weighted by atomic mass is 16.2. The summed E-state index contributed by atoms with van der Waals surface area (Å²) in [6, 6.07) is 7.47. The number of rotatable bonds is 2. The number of ketones is 1. The van der Waals surface area contributed by atoms with Crippen LogP contribution in [0.4, 0.5) is 11.4 Å². The van der Waals surface area contributed by atoms with Gasteiger partial charge in [0.15, 0.2) is 5.78 Å². The van der Waals surface area contributed by atoms with Crippen LogP contribution in [0, 0.1) is 0 Å². The normalized spacial score (nSPS) is 18.5. The van der Waals surface area contributed by atoms with Gasteiger partial charge in [-0.2, -0.15) is 0 Å². The van der Waals surface area contributed by atoms with Crippen LogP contribution in [0.25, 0.3) is 0 Å². The number of pyridine rings is 1. The van der Waals surface area contributed by atoms with Gasteiger partial charge in [-0.25, -0.2) is 0 Å². The highest BCUT2D eigenvalue weighted by Crippen LogP contribution is 2.38. The van der Waals surface area contributed by atoms with E-state index in [9.17, 15) is 9.59 Å². The number of hydrogen-bond acceptors (Lipinski definition) is 4. The number of nitrogens with one attached hydrogen (secondary N) is 2. The van der Waals surface area contributed by atoms with Crippen molar-refractivity contribution in [2.24, 2.45) is 0 Å². The molecule has 5 heteroatoms. The summed E-state index contributed by atoms with van der Waals surface area (Å²) < 4.78 is 0. The smallest absolute Gasteiger partial charge is 0.232 e. The van der Waals surface area contributed by atoms with Crippen LogP contribution in [0.3, 0.4) is 0 Å². The molecular weight excluding hydrogens is 278 g/mol. The maximum atomic E-state index is 12.5. The minimum atomic E-state index is -0.409. The summed E-state index contributed by atoms with van der Waals surface area (Å²) in [6.45, 7) is 0.888. The highest BCUT2D eigenvalue weighted by molar-refractivity contribution is 6.10. The van der Waals surface area contributed by atoms with Gasteiger partial charge >= 0.3 is 0 Å². The third-order valence-electron chi connectivity index (χ3n) is 4.30. The SMILES string of the molecule is O=C1CC(C(=O)Nc2cccnc2)c2cc3c(cc21)NCC3. The molecule has 0 saturated carbocycles. The van der Waals surface area contributed by atoms with Crippen molar-refractivity contribution < 1.29 is 9.59 Å². The molecule has 22 heavy (non-hydrogen) atoms. The fourth-order valence-electron chi connectivity index (χ4n) is 3.20. The maximum absolute atomic E-state index is 12.5. The Labute approximate surface area is 127 Å². The number of carbonyl (C=O) groups excluding carboxylic acids is 2. The number of fused-ring (bicyclic) bond motifs is 2. The van der Waals surface area contributed by atoms with Gasteiger partial charge in [-0.05, 0) is 35.7 Å². The first-order valence-corrected chi connectivity index (χ1v) is 7.37. The summed E-state index contributed by atoms with van der Waals surface area (Å²) in [5.74, 6) is -0.516. The van der Waals surface area contributed by atoms with Gasteiger partial charge in [-0.15, -0.1) is 0 Å². The van der Waals surface area contributed by atoms with Gasteiger partial charge in [0.05, 0.1) is 17.8 Å². The van der Waals surface area contributed by atoms with Gasteiger partial charge in [0.2, 0.25) is 5.91 Å². The standard InChI is InChI=1S/C17H15N3O2/c21-16-8-14(17(22)20-11-2-1-4-18-9-11)12-6-10-3-5-19-15(10)7-13(12)16/h1-2,4,6-7,9,14,19H,3,5,8H2,(H,20,22). The monoisotopic (exact) mass is 293 g/mol. The number of hydrogen-bond donors (Lipinski definition) is 2. The fraction of sp³-hybridized carbons (Fsp3) is 0.235. The molecule has 2 aromatic rings. The predicted molar refractivity (Wildman–Crippen MR) is 83.2 cm³/mol. The molecule has 0 saturated heterocycles. The zero-order valence-corrected chi connectivity index (χ0v) is 11.9. The third kappa shape index (κ3) is 2.06. The topological polar surface area (TPSA) is 71.1 Å². The molecule has 110 valence electrons. The summed E-state index contributed by atoms with van der Waals surface area (Å²) in [4.78, 5) is 28.7. The zero-order valence-electron chi connectivity index (χ0n) is 11.9. The van der Waals surface area contributed by atoms with Crippen molar-refractivity contribution in [3.63, 3.8) is 0 Å². The van der Waals surface area contributed by atoms with Crippen molar-refractivity contribution in [2.45, 2.75) is 18.8 Å². The molecule has 1 aromatic heterocycles. The Morgan fingerprint density at radius 1 is 1.36 bits per heavy atom. The second-order valence-electron chi connectivity index (χ2n) is 5.68. The Morgan fingerprint density at radius 2 is 2.27 bits per heavy atom. The number of Topliss-reactive ketones (excluding diaryl/α,β-unsaturated/α-hetero) is 1. The largest absolute Gasteiger partial charge is 0.384 e. The first-order valence-electron chi connectivity index (χ1n) is 7.37.